The monoisotopic (exact) mass is 259 g/mol. The molecule has 1 aromatic carbocycles. The second-order valence-electron chi connectivity index (χ2n) is 3.63. The van der Waals surface area contributed by atoms with Crippen molar-refractivity contribution >= 4 is 18.4 Å². The van der Waals surface area contributed by atoms with E-state index in [-0.39, 0.29) is 12.4 Å². The van der Waals surface area contributed by atoms with E-state index in [1.54, 1.807) is 0 Å². The van der Waals surface area contributed by atoms with Gasteiger partial charge in [-0.05, 0) is 18.4 Å². The first kappa shape index (κ1) is 15.9. The number of rotatable bonds is 7. The third-order valence-corrected chi connectivity index (χ3v) is 2.23. The summed E-state index contributed by atoms with van der Waals surface area (Å²) in [6, 6.07) is 9.07. The lowest BCUT2D eigenvalue weighted by Gasteiger charge is -2.06. The summed E-state index contributed by atoms with van der Waals surface area (Å²) >= 11 is 0. The summed E-state index contributed by atoms with van der Waals surface area (Å²) in [7, 11) is 0. The molecule has 1 unspecified atom stereocenters. The number of benzene rings is 1. The fraction of sp³-hybridized carbons (Fsp3) is 0.417. The van der Waals surface area contributed by atoms with E-state index >= 15 is 0 Å². The Kier molecular flexibility index (Phi) is 8.40. The molecule has 96 valence electrons. The molecule has 1 atom stereocenters. The molecular formula is C12H18ClNO3. The molecule has 0 spiro atoms. The van der Waals surface area contributed by atoms with Crippen molar-refractivity contribution in [1.29, 1.82) is 0 Å². The molecule has 0 fully saturated rings. The highest BCUT2D eigenvalue weighted by Gasteiger charge is 2.09. The van der Waals surface area contributed by atoms with E-state index in [1.807, 2.05) is 30.3 Å². The number of ether oxygens (including phenoxy) is 1. The first-order chi connectivity index (χ1) is 7.70. The van der Waals surface area contributed by atoms with E-state index in [0.29, 0.717) is 26.1 Å². The largest absolute Gasteiger partial charge is 0.480 e. The van der Waals surface area contributed by atoms with Crippen LogP contribution in [0.4, 0.5) is 0 Å². The van der Waals surface area contributed by atoms with Gasteiger partial charge >= 0.3 is 5.97 Å². The molecule has 0 heterocycles. The van der Waals surface area contributed by atoms with Crippen LogP contribution < -0.4 is 5.73 Å². The average Bonchev–Trinajstić information content (AvgIpc) is 2.29. The third kappa shape index (κ3) is 6.94. The standard InChI is InChI=1S/C12H17NO3.ClH/c13-11(12(14)15)7-4-8-16-9-10-5-2-1-3-6-10;/h1-3,5-6,11H,4,7-9,13H2,(H,14,15);1H. The summed E-state index contributed by atoms with van der Waals surface area (Å²) in [6.45, 7) is 1.10. The smallest absolute Gasteiger partial charge is 0.320 e. The number of aliphatic carboxylic acids is 1. The van der Waals surface area contributed by atoms with E-state index in [9.17, 15) is 4.79 Å². The topological polar surface area (TPSA) is 72.5 Å². The molecule has 0 radical (unpaired) electrons. The number of carbonyl (C=O) groups is 1. The molecule has 0 bridgehead atoms. The van der Waals surface area contributed by atoms with Gasteiger partial charge in [0.2, 0.25) is 0 Å². The number of carboxylic acids is 1. The average molecular weight is 260 g/mol. The predicted octanol–water partition coefficient (Wildman–Crippen LogP) is 1.82. The number of hydrogen-bond acceptors (Lipinski definition) is 3. The number of nitrogens with two attached hydrogens (primary N) is 1. The Balaban J connectivity index is 0.00000256. The van der Waals surface area contributed by atoms with Crippen LogP contribution in [0.15, 0.2) is 30.3 Å². The summed E-state index contributed by atoms with van der Waals surface area (Å²) in [5.41, 5.74) is 6.47. The van der Waals surface area contributed by atoms with Gasteiger partial charge in [0.1, 0.15) is 6.04 Å². The van der Waals surface area contributed by atoms with Gasteiger partial charge in [0.15, 0.2) is 0 Å². The van der Waals surface area contributed by atoms with Crippen molar-refractivity contribution in [3.8, 4) is 0 Å². The first-order valence-electron chi connectivity index (χ1n) is 5.30. The Hall–Kier alpha value is -1.10. The van der Waals surface area contributed by atoms with Crippen LogP contribution in [-0.2, 0) is 16.1 Å². The quantitative estimate of drug-likeness (QED) is 0.733. The summed E-state index contributed by atoms with van der Waals surface area (Å²) in [5.74, 6) is -0.956. The fourth-order valence-electron chi connectivity index (χ4n) is 1.29. The maximum atomic E-state index is 10.4. The van der Waals surface area contributed by atoms with Crippen LogP contribution in [0, 0.1) is 0 Å². The molecule has 0 amide bonds. The van der Waals surface area contributed by atoms with Crippen molar-refractivity contribution < 1.29 is 14.6 Å². The zero-order valence-corrected chi connectivity index (χ0v) is 10.4. The summed E-state index contributed by atoms with van der Waals surface area (Å²) in [6.07, 6.45) is 1.12. The second kappa shape index (κ2) is 8.98. The predicted molar refractivity (Wildman–Crippen MR) is 68.2 cm³/mol. The number of hydrogen-bond donors (Lipinski definition) is 2. The Labute approximate surface area is 107 Å². The maximum Gasteiger partial charge on any atom is 0.320 e. The molecule has 0 saturated heterocycles. The van der Waals surface area contributed by atoms with E-state index in [1.165, 1.54) is 0 Å². The molecule has 1 rings (SSSR count). The highest BCUT2D eigenvalue weighted by Crippen LogP contribution is 2.02. The van der Waals surface area contributed by atoms with Gasteiger partial charge in [-0.15, -0.1) is 12.4 Å². The van der Waals surface area contributed by atoms with Crippen LogP contribution in [-0.4, -0.2) is 23.7 Å². The van der Waals surface area contributed by atoms with E-state index in [4.69, 9.17) is 15.6 Å². The summed E-state index contributed by atoms with van der Waals surface area (Å²) < 4.78 is 5.40. The van der Waals surface area contributed by atoms with E-state index in [0.717, 1.165) is 5.56 Å². The molecule has 3 N–H and O–H groups in total. The van der Waals surface area contributed by atoms with Gasteiger partial charge in [-0.3, -0.25) is 4.79 Å². The Morgan fingerprint density at radius 3 is 2.59 bits per heavy atom. The van der Waals surface area contributed by atoms with Crippen LogP contribution in [0.2, 0.25) is 0 Å². The van der Waals surface area contributed by atoms with Crippen LogP contribution >= 0.6 is 12.4 Å². The molecule has 0 saturated carbocycles. The van der Waals surface area contributed by atoms with Gasteiger partial charge in [-0.25, -0.2) is 0 Å². The summed E-state index contributed by atoms with van der Waals surface area (Å²) in [5, 5.41) is 8.55. The van der Waals surface area contributed by atoms with Crippen molar-refractivity contribution in [2.75, 3.05) is 6.61 Å². The third-order valence-electron chi connectivity index (χ3n) is 2.23. The lowest BCUT2D eigenvalue weighted by molar-refractivity contribution is -0.138. The highest BCUT2D eigenvalue weighted by atomic mass is 35.5. The first-order valence-corrected chi connectivity index (χ1v) is 5.30. The van der Waals surface area contributed by atoms with Gasteiger partial charge in [0.25, 0.3) is 0 Å². The molecule has 4 nitrogen and oxygen atoms in total. The molecule has 0 aliphatic heterocycles. The minimum Gasteiger partial charge on any atom is -0.480 e. The molecular weight excluding hydrogens is 242 g/mol. The molecule has 0 aliphatic rings. The number of halogens is 1. The fourth-order valence-corrected chi connectivity index (χ4v) is 1.29. The second-order valence-corrected chi connectivity index (χ2v) is 3.63. The van der Waals surface area contributed by atoms with Crippen molar-refractivity contribution in [1.82, 2.24) is 0 Å². The van der Waals surface area contributed by atoms with Crippen molar-refractivity contribution in [3.63, 3.8) is 0 Å². The van der Waals surface area contributed by atoms with Crippen LogP contribution in [0.5, 0.6) is 0 Å². The Bertz CT molecular complexity index is 319. The minimum absolute atomic E-state index is 0. The molecule has 17 heavy (non-hydrogen) atoms. The van der Waals surface area contributed by atoms with E-state index in [2.05, 4.69) is 0 Å². The van der Waals surface area contributed by atoms with Gasteiger partial charge in [0.05, 0.1) is 6.61 Å². The van der Waals surface area contributed by atoms with Crippen molar-refractivity contribution in [2.24, 2.45) is 5.73 Å². The minimum atomic E-state index is -0.956. The van der Waals surface area contributed by atoms with Gasteiger partial charge < -0.3 is 15.6 Å². The highest BCUT2D eigenvalue weighted by molar-refractivity contribution is 5.85. The molecule has 1 aromatic rings. The van der Waals surface area contributed by atoms with Crippen molar-refractivity contribution in [3.05, 3.63) is 35.9 Å². The Morgan fingerprint density at radius 1 is 1.35 bits per heavy atom. The van der Waals surface area contributed by atoms with Crippen LogP contribution in [0.3, 0.4) is 0 Å². The normalized spacial score (nSPS) is 11.6. The van der Waals surface area contributed by atoms with Crippen molar-refractivity contribution in [2.45, 2.75) is 25.5 Å². The van der Waals surface area contributed by atoms with Gasteiger partial charge in [-0.1, -0.05) is 30.3 Å². The molecule has 0 aliphatic carbocycles. The molecule has 5 heteroatoms. The SMILES string of the molecule is Cl.NC(CCCOCc1ccccc1)C(=O)O. The van der Waals surface area contributed by atoms with E-state index < -0.39 is 12.0 Å². The van der Waals surface area contributed by atoms with Crippen LogP contribution in [0.1, 0.15) is 18.4 Å². The summed E-state index contributed by atoms with van der Waals surface area (Å²) in [4.78, 5) is 10.4. The zero-order chi connectivity index (χ0) is 11.8. The van der Waals surface area contributed by atoms with Gasteiger partial charge in [-0.2, -0.15) is 0 Å². The maximum absolute atomic E-state index is 10.4. The lowest BCUT2D eigenvalue weighted by atomic mass is 10.2. The van der Waals surface area contributed by atoms with Crippen LogP contribution in [0.25, 0.3) is 0 Å². The van der Waals surface area contributed by atoms with Gasteiger partial charge in [0, 0.05) is 6.61 Å². The lowest BCUT2D eigenvalue weighted by Crippen LogP contribution is -2.30. The Morgan fingerprint density at radius 2 is 2.00 bits per heavy atom. The molecule has 0 aromatic heterocycles. The zero-order valence-electron chi connectivity index (χ0n) is 9.54. The number of carboxylic acid groups (broad SMARTS) is 1.